The molecule has 6 heteroatoms. The molecule has 0 heterocycles. The summed E-state index contributed by atoms with van der Waals surface area (Å²) in [6, 6.07) is 5.03. The predicted molar refractivity (Wildman–Crippen MR) is 90.2 cm³/mol. The highest BCUT2D eigenvalue weighted by Gasteiger charge is 2.07. The third-order valence-corrected chi connectivity index (χ3v) is 4.37. The molecule has 0 aromatic heterocycles. The number of amides is 1. The largest absolute Gasteiger partial charge is 0.324 e. The maximum absolute atomic E-state index is 11.8. The standard InChI is InChI=1S/C14H20Cl2N2OS/c1-3-18(4-2)7-8-20-10-14(19)17-13-6-5-11(15)9-12(13)16/h5-6,9H,3-4,7-8,10H2,1-2H3,(H,17,19). The lowest BCUT2D eigenvalue weighted by Gasteiger charge is -2.17. The minimum Gasteiger partial charge on any atom is -0.324 e. The Morgan fingerprint density at radius 1 is 1.30 bits per heavy atom. The molecule has 20 heavy (non-hydrogen) atoms. The highest BCUT2D eigenvalue weighted by atomic mass is 35.5. The van der Waals surface area contributed by atoms with Crippen LogP contribution in [0.15, 0.2) is 18.2 Å². The SMILES string of the molecule is CCN(CC)CCSCC(=O)Nc1ccc(Cl)cc1Cl. The average molecular weight is 335 g/mol. The van der Waals surface area contributed by atoms with Gasteiger partial charge >= 0.3 is 0 Å². The second kappa shape index (κ2) is 9.50. The van der Waals surface area contributed by atoms with Crippen LogP contribution in [0.2, 0.25) is 10.0 Å². The normalized spacial score (nSPS) is 10.8. The summed E-state index contributed by atoms with van der Waals surface area (Å²) in [5.41, 5.74) is 0.602. The summed E-state index contributed by atoms with van der Waals surface area (Å²) in [5, 5.41) is 3.80. The van der Waals surface area contributed by atoms with Gasteiger partial charge in [-0.3, -0.25) is 4.79 Å². The van der Waals surface area contributed by atoms with Crippen molar-refractivity contribution in [3.63, 3.8) is 0 Å². The van der Waals surface area contributed by atoms with Crippen molar-refractivity contribution >= 4 is 46.6 Å². The first kappa shape index (κ1) is 17.6. The molecule has 0 aliphatic rings. The van der Waals surface area contributed by atoms with Crippen molar-refractivity contribution in [3.05, 3.63) is 28.2 Å². The number of hydrogen-bond donors (Lipinski definition) is 1. The molecule has 0 saturated heterocycles. The second-order valence-electron chi connectivity index (χ2n) is 4.25. The second-order valence-corrected chi connectivity index (χ2v) is 6.20. The van der Waals surface area contributed by atoms with Crippen molar-refractivity contribution in [2.75, 3.05) is 36.5 Å². The van der Waals surface area contributed by atoms with Crippen LogP contribution in [0.25, 0.3) is 0 Å². The van der Waals surface area contributed by atoms with E-state index in [1.165, 1.54) is 0 Å². The molecule has 112 valence electrons. The van der Waals surface area contributed by atoms with E-state index in [1.807, 2.05) is 0 Å². The Balaban J connectivity index is 2.30. The number of hydrogen-bond acceptors (Lipinski definition) is 3. The van der Waals surface area contributed by atoms with Crippen LogP contribution in [0.3, 0.4) is 0 Å². The molecule has 1 rings (SSSR count). The molecule has 0 aliphatic heterocycles. The molecular weight excluding hydrogens is 315 g/mol. The van der Waals surface area contributed by atoms with E-state index in [0.29, 0.717) is 21.5 Å². The molecule has 1 amide bonds. The third kappa shape index (κ3) is 6.35. The van der Waals surface area contributed by atoms with Crippen molar-refractivity contribution in [1.29, 1.82) is 0 Å². The summed E-state index contributed by atoms with van der Waals surface area (Å²) >= 11 is 13.4. The molecule has 0 atom stereocenters. The molecule has 0 fully saturated rings. The summed E-state index contributed by atoms with van der Waals surface area (Å²) in [4.78, 5) is 14.1. The van der Waals surface area contributed by atoms with E-state index in [1.54, 1.807) is 30.0 Å². The Labute approximate surface area is 135 Å². The fourth-order valence-corrected chi connectivity index (χ4v) is 2.92. The maximum atomic E-state index is 11.8. The van der Waals surface area contributed by atoms with E-state index >= 15 is 0 Å². The summed E-state index contributed by atoms with van der Waals surface area (Å²) < 4.78 is 0. The molecule has 0 spiro atoms. The number of rotatable bonds is 8. The number of benzene rings is 1. The van der Waals surface area contributed by atoms with Crippen LogP contribution in [-0.2, 0) is 4.79 Å². The number of nitrogens with one attached hydrogen (secondary N) is 1. The number of thioether (sulfide) groups is 1. The average Bonchev–Trinajstić information content (AvgIpc) is 2.42. The molecule has 0 saturated carbocycles. The van der Waals surface area contributed by atoms with Gasteiger partial charge in [0.2, 0.25) is 5.91 Å². The smallest absolute Gasteiger partial charge is 0.234 e. The van der Waals surface area contributed by atoms with E-state index in [4.69, 9.17) is 23.2 Å². The number of carbonyl (C=O) groups is 1. The fraction of sp³-hybridized carbons (Fsp3) is 0.500. The van der Waals surface area contributed by atoms with Gasteiger partial charge in [-0.05, 0) is 31.3 Å². The lowest BCUT2D eigenvalue weighted by atomic mass is 10.3. The van der Waals surface area contributed by atoms with Gasteiger partial charge in [-0.15, -0.1) is 0 Å². The lowest BCUT2D eigenvalue weighted by Crippen LogP contribution is -2.26. The highest BCUT2D eigenvalue weighted by molar-refractivity contribution is 7.99. The first-order valence-corrected chi connectivity index (χ1v) is 8.52. The van der Waals surface area contributed by atoms with Gasteiger partial charge in [-0.25, -0.2) is 0 Å². The van der Waals surface area contributed by atoms with E-state index < -0.39 is 0 Å². The van der Waals surface area contributed by atoms with Crippen molar-refractivity contribution < 1.29 is 4.79 Å². The first-order chi connectivity index (χ1) is 9.56. The van der Waals surface area contributed by atoms with E-state index in [0.717, 1.165) is 25.4 Å². The molecule has 3 nitrogen and oxygen atoms in total. The molecule has 0 bridgehead atoms. The van der Waals surface area contributed by atoms with Crippen LogP contribution in [0.1, 0.15) is 13.8 Å². The molecule has 0 radical (unpaired) electrons. The van der Waals surface area contributed by atoms with Crippen LogP contribution in [0, 0.1) is 0 Å². The maximum Gasteiger partial charge on any atom is 0.234 e. The summed E-state index contributed by atoms with van der Waals surface area (Å²) in [6.07, 6.45) is 0. The Hall–Kier alpha value is -0.420. The Morgan fingerprint density at radius 2 is 2.00 bits per heavy atom. The topological polar surface area (TPSA) is 32.3 Å². The van der Waals surface area contributed by atoms with E-state index in [2.05, 4.69) is 24.1 Å². The molecule has 0 aliphatic carbocycles. The van der Waals surface area contributed by atoms with Crippen molar-refractivity contribution in [1.82, 2.24) is 4.90 Å². The quantitative estimate of drug-likeness (QED) is 0.729. The van der Waals surface area contributed by atoms with Gasteiger partial charge in [0.05, 0.1) is 16.5 Å². The summed E-state index contributed by atoms with van der Waals surface area (Å²) in [5.74, 6) is 1.34. The van der Waals surface area contributed by atoms with E-state index in [9.17, 15) is 4.79 Å². The number of halogens is 2. The zero-order valence-corrected chi connectivity index (χ0v) is 14.1. The van der Waals surface area contributed by atoms with E-state index in [-0.39, 0.29) is 5.91 Å². The monoisotopic (exact) mass is 334 g/mol. The first-order valence-electron chi connectivity index (χ1n) is 6.61. The Kier molecular flexibility index (Phi) is 8.38. The zero-order valence-electron chi connectivity index (χ0n) is 11.8. The summed E-state index contributed by atoms with van der Waals surface area (Å²) in [6.45, 7) is 7.38. The Bertz CT molecular complexity index is 439. The van der Waals surface area contributed by atoms with Gasteiger partial charge in [0.15, 0.2) is 0 Å². The van der Waals surface area contributed by atoms with Crippen LogP contribution in [-0.4, -0.2) is 41.9 Å². The van der Waals surface area contributed by atoms with Gasteiger partial charge < -0.3 is 10.2 Å². The molecule has 0 unspecified atom stereocenters. The van der Waals surface area contributed by atoms with Gasteiger partial charge in [0.1, 0.15) is 0 Å². The Morgan fingerprint density at radius 3 is 2.60 bits per heavy atom. The van der Waals surface area contributed by atoms with Gasteiger partial charge in [-0.2, -0.15) is 11.8 Å². The van der Waals surface area contributed by atoms with Crippen LogP contribution in [0.4, 0.5) is 5.69 Å². The third-order valence-electron chi connectivity index (χ3n) is 2.88. The molecule has 1 N–H and O–H groups in total. The number of nitrogens with zero attached hydrogens (tertiary/aromatic N) is 1. The van der Waals surface area contributed by atoms with Gasteiger partial charge in [0.25, 0.3) is 0 Å². The van der Waals surface area contributed by atoms with Crippen LogP contribution >= 0.6 is 35.0 Å². The molecule has 1 aromatic carbocycles. The van der Waals surface area contributed by atoms with Crippen molar-refractivity contribution in [2.45, 2.75) is 13.8 Å². The number of carbonyl (C=O) groups excluding carboxylic acids is 1. The predicted octanol–water partition coefficient (Wildman–Crippen LogP) is 4.01. The zero-order chi connectivity index (χ0) is 15.0. The fourth-order valence-electron chi connectivity index (χ4n) is 1.68. The molecule has 1 aromatic rings. The minimum atomic E-state index is -0.0428. The minimum absolute atomic E-state index is 0.0428. The number of anilines is 1. The van der Waals surface area contributed by atoms with Gasteiger partial charge in [-0.1, -0.05) is 37.0 Å². The van der Waals surface area contributed by atoms with Crippen molar-refractivity contribution in [2.24, 2.45) is 0 Å². The molecular formula is C14H20Cl2N2OS. The van der Waals surface area contributed by atoms with Crippen LogP contribution < -0.4 is 5.32 Å². The van der Waals surface area contributed by atoms with Gasteiger partial charge in [0, 0.05) is 17.3 Å². The summed E-state index contributed by atoms with van der Waals surface area (Å²) in [7, 11) is 0. The highest BCUT2D eigenvalue weighted by Crippen LogP contribution is 2.25. The van der Waals surface area contributed by atoms with Crippen LogP contribution in [0.5, 0.6) is 0 Å². The van der Waals surface area contributed by atoms with Crippen molar-refractivity contribution in [3.8, 4) is 0 Å². The lowest BCUT2D eigenvalue weighted by molar-refractivity contribution is -0.113.